The van der Waals surface area contributed by atoms with E-state index in [4.69, 9.17) is 0 Å². The molecule has 4 heterocycles. The van der Waals surface area contributed by atoms with Gasteiger partial charge in [0.05, 0.1) is 5.39 Å². The molecule has 4 rings (SSSR count). The van der Waals surface area contributed by atoms with Crippen molar-refractivity contribution < 1.29 is 0 Å². The van der Waals surface area contributed by atoms with Crippen molar-refractivity contribution in [1.29, 1.82) is 0 Å². The van der Waals surface area contributed by atoms with Crippen molar-refractivity contribution in [2.24, 2.45) is 0 Å². The minimum atomic E-state index is 0.734. The van der Waals surface area contributed by atoms with Crippen molar-refractivity contribution in [2.75, 3.05) is 47.8 Å². The van der Waals surface area contributed by atoms with Crippen LogP contribution in [0.15, 0.2) is 30.7 Å². The molecule has 0 atom stereocenters. The van der Waals surface area contributed by atoms with Gasteiger partial charge in [-0.3, -0.25) is 0 Å². The van der Waals surface area contributed by atoms with Crippen molar-refractivity contribution >= 4 is 28.6 Å². The topological polar surface area (TPSA) is 83.0 Å². The lowest BCUT2D eigenvalue weighted by Gasteiger charge is -2.35. The van der Waals surface area contributed by atoms with Crippen molar-refractivity contribution in [3.63, 3.8) is 0 Å². The molecule has 0 unspecified atom stereocenters. The number of anilines is 3. The van der Waals surface area contributed by atoms with Gasteiger partial charge in [0.15, 0.2) is 5.65 Å². The molecule has 0 radical (unpaired) electrons. The highest BCUT2D eigenvalue weighted by atomic mass is 15.3. The normalized spacial score (nSPS) is 14.7. The summed E-state index contributed by atoms with van der Waals surface area (Å²) in [5, 5.41) is 4.26. The first-order valence-electron chi connectivity index (χ1n) is 8.90. The van der Waals surface area contributed by atoms with Crippen molar-refractivity contribution in [1.82, 2.24) is 24.9 Å². The number of piperazine rings is 1. The lowest BCUT2D eigenvalue weighted by molar-refractivity contribution is 0.635. The summed E-state index contributed by atoms with van der Waals surface area (Å²) in [6, 6.07) is 5.92. The summed E-state index contributed by atoms with van der Waals surface area (Å²) >= 11 is 0. The van der Waals surface area contributed by atoms with Crippen LogP contribution in [0.2, 0.25) is 0 Å². The zero-order chi connectivity index (χ0) is 17.9. The summed E-state index contributed by atoms with van der Waals surface area (Å²) < 4.78 is 0. The third kappa shape index (κ3) is 3.22. The highest BCUT2D eigenvalue weighted by Crippen LogP contribution is 2.23. The first-order valence-corrected chi connectivity index (χ1v) is 8.90. The van der Waals surface area contributed by atoms with E-state index in [0.29, 0.717) is 0 Å². The number of nitrogens with one attached hydrogen (secondary N) is 1. The lowest BCUT2D eigenvalue weighted by atomic mass is 10.2. The van der Waals surface area contributed by atoms with Gasteiger partial charge in [-0.05, 0) is 26.0 Å². The number of hydrogen-bond donors (Lipinski definition) is 1. The molecule has 8 heteroatoms. The summed E-state index contributed by atoms with van der Waals surface area (Å²) in [5.74, 6) is 2.61. The second kappa shape index (κ2) is 7.07. The molecule has 0 aliphatic carbocycles. The Kier molecular flexibility index (Phi) is 4.47. The van der Waals surface area contributed by atoms with Gasteiger partial charge in [-0.25, -0.2) is 19.9 Å². The second-order valence-corrected chi connectivity index (χ2v) is 6.27. The molecule has 0 aromatic carbocycles. The Labute approximate surface area is 152 Å². The van der Waals surface area contributed by atoms with Crippen molar-refractivity contribution in [2.45, 2.75) is 13.8 Å². The molecule has 1 fully saturated rings. The summed E-state index contributed by atoms with van der Waals surface area (Å²) in [4.78, 5) is 26.8. The first-order chi connectivity index (χ1) is 12.7. The zero-order valence-electron chi connectivity index (χ0n) is 15.1. The van der Waals surface area contributed by atoms with Crippen molar-refractivity contribution in [3.05, 3.63) is 36.4 Å². The molecule has 0 bridgehead atoms. The molecule has 134 valence electrons. The maximum Gasteiger partial charge on any atom is 0.227 e. The molecule has 26 heavy (non-hydrogen) atoms. The van der Waals surface area contributed by atoms with E-state index in [-0.39, 0.29) is 0 Å². The van der Waals surface area contributed by atoms with Crippen LogP contribution in [0, 0.1) is 6.92 Å². The lowest BCUT2D eigenvalue weighted by Crippen LogP contribution is -2.47. The van der Waals surface area contributed by atoms with Crippen LogP contribution >= 0.6 is 0 Å². The van der Waals surface area contributed by atoms with Crippen LogP contribution in [0.5, 0.6) is 0 Å². The van der Waals surface area contributed by atoms with Gasteiger partial charge in [0.1, 0.15) is 18.0 Å². The summed E-state index contributed by atoms with van der Waals surface area (Å²) in [7, 11) is 0. The largest absolute Gasteiger partial charge is 0.370 e. The number of hydrogen-bond acceptors (Lipinski definition) is 8. The van der Waals surface area contributed by atoms with Crippen LogP contribution < -0.4 is 15.1 Å². The Morgan fingerprint density at radius 1 is 1.04 bits per heavy atom. The number of nitrogens with zero attached hydrogens (tertiary/aromatic N) is 7. The molecule has 1 N–H and O–H groups in total. The third-order valence-electron chi connectivity index (χ3n) is 4.45. The Morgan fingerprint density at radius 3 is 2.65 bits per heavy atom. The molecular formula is C18H22N8. The van der Waals surface area contributed by atoms with Gasteiger partial charge in [-0.1, -0.05) is 0 Å². The fraction of sp³-hybridized carbons (Fsp3) is 0.389. The second-order valence-electron chi connectivity index (χ2n) is 6.27. The van der Waals surface area contributed by atoms with E-state index in [1.165, 1.54) is 0 Å². The highest BCUT2D eigenvalue weighted by Gasteiger charge is 2.22. The molecular weight excluding hydrogens is 328 g/mol. The fourth-order valence-corrected chi connectivity index (χ4v) is 3.22. The summed E-state index contributed by atoms with van der Waals surface area (Å²) in [5.41, 5.74) is 1.71. The van der Waals surface area contributed by atoms with Gasteiger partial charge >= 0.3 is 0 Å². The number of aryl methyl sites for hydroxylation is 1. The Balaban J connectivity index is 1.52. The minimum Gasteiger partial charge on any atom is -0.370 e. The maximum absolute atomic E-state index is 4.64. The van der Waals surface area contributed by atoms with Crippen LogP contribution in [0.1, 0.15) is 12.6 Å². The Morgan fingerprint density at radius 2 is 1.85 bits per heavy atom. The first kappa shape index (κ1) is 16.4. The molecule has 0 spiro atoms. The standard InChI is InChI=1S/C18H22N8/c1-3-19-15-11-13(2)23-18(24-15)26-9-7-25(8-10-26)17-14-5-4-6-20-16(14)21-12-22-17/h4-6,11-12H,3,7-10H2,1-2H3,(H,19,23,24). The fourth-order valence-electron chi connectivity index (χ4n) is 3.22. The average Bonchev–Trinajstić information content (AvgIpc) is 2.67. The number of aromatic nitrogens is 5. The van der Waals surface area contributed by atoms with E-state index in [1.807, 2.05) is 25.1 Å². The molecule has 8 nitrogen and oxygen atoms in total. The molecule has 1 aliphatic heterocycles. The predicted octanol–water partition coefficient (Wildman–Crippen LogP) is 1.88. The molecule has 1 aliphatic rings. The molecule has 3 aromatic rings. The van der Waals surface area contributed by atoms with E-state index >= 15 is 0 Å². The van der Waals surface area contributed by atoms with E-state index in [0.717, 1.165) is 67.0 Å². The van der Waals surface area contributed by atoms with Gasteiger partial charge in [-0.2, -0.15) is 4.98 Å². The van der Waals surface area contributed by atoms with E-state index in [9.17, 15) is 0 Å². The van der Waals surface area contributed by atoms with Crippen LogP contribution in [-0.2, 0) is 0 Å². The van der Waals surface area contributed by atoms with Crippen LogP contribution in [0.3, 0.4) is 0 Å². The Hall–Kier alpha value is -3.03. The predicted molar refractivity (Wildman–Crippen MR) is 103 cm³/mol. The van der Waals surface area contributed by atoms with Gasteiger partial charge in [0, 0.05) is 50.7 Å². The number of fused-ring (bicyclic) bond motifs is 1. The van der Waals surface area contributed by atoms with Gasteiger partial charge < -0.3 is 15.1 Å². The average molecular weight is 350 g/mol. The number of pyridine rings is 1. The molecule has 3 aromatic heterocycles. The molecule has 0 saturated carbocycles. The highest BCUT2D eigenvalue weighted by molar-refractivity contribution is 5.86. The molecule has 0 amide bonds. The van der Waals surface area contributed by atoms with Crippen LogP contribution in [0.4, 0.5) is 17.6 Å². The van der Waals surface area contributed by atoms with Gasteiger partial charge in [0.25, 0.3) is 0 Å². The molecule has 1 saturated heterocycles. The smallest absolute Gasteiger partial charge is 0.227 e. The maximum atomic E-state index is 4.64. The zero-order valence-corrected chi connectivity index (χ0v) is 15.1. The minimum absolute atomic E-state index is 0.734. The Bertz CT molecular complexity index is 899. The van der Waals surface area contributed by atoms with Crippen molar-refractivity contribution in [3.8, 4) is 0 Å². The monoisotopic (exact) mass is 350 g/mol. The third-order valence-corrected chi connectivity index (χ3v) is 4.45. The summed E-state index contributed by atoms with van der Waals surface area (Å²) in [6.07, 6.45) is 3.34. The van der Waals surface area contributed by atoms with Crippen LogP contribution in [-0.4, -0.2) is 57.6 Å². The van der Waals surface area contributed by atoms with Crippen LogP contribution in [0.25, 0.3) is 11.0 Å². The van der Waals surface area contributed by atoms with E-state index in [2.05, 4.69) is 47.0 Å². The number of rotatable bonds is 4. The van der Waals surface area contributed by atoms with Gasteiger partial charge in [-0.15, -0.1) is 0 Å². The van der Waals surface area contributed by atoms with Gasteiger partial charge in [0.2, 0.25) is 5.95 Å². The van der Waals surface area contributed by atoms with E-state index in [1.54, 1.807) is 12.5 Å². The SMILES string of the molecule is CCNc1cc(C)nc(N2CCN(c3ncnc4ncccc34)CC2)n1. The summed E-state index contributed by atoms with van der Waals surface area (Å²) in [6.45, 7) is 8.32. The van der Waals surface area contributed by atoms with E-state index < -0.39 is 0 Å². The quantitative estimate of drug-likeness (QED) is 0.764.